The average molecular weight is 247 g/mol. The van der Waals surface area contributed by atoms with Crippen molar-refractivity contribution in [2.75, 3.05) is 19.5 Å². The van der Waals surface area contributed by atoms with Gasteiger partial charge in [-0.1, -0.05) is 0 Å². The van der Waals surface area contributed by atoms with Crippen molar-refractivity contribution in [3.63, 3.8) is 0 Å². The van der Waals surface area contributed by atoms with Crippen LogP contribution in [0.4, 0.5) is 5.69 Å². The van der Waals surface area contributed by atoms with Gasteiger partial charge in [-0.25, -0.2) is 0 Å². The number of nitrogens with zero attached hydrogens (tertiary/aromatic N) is 2. The summed E-state index contributed by atoms with van der Waals surface area (Å²) in [7, 11) is 5.18. The fraction of sp³-hybridized carbons (Fsp3) is 0.308. The van der Waals surface area contributed by atoms with Crippen molar-refractivity contribution >= 4 is 5.69 Å². The van der Waals surface area contributed by atoms with Crippen molar-refractivity contribution in [2.24, 2.45) is 7.05 Å². The molecule has 2 rings (SSSR count). The number of hydrogen-bond acceptors (Lipinski definition) is 4. The van der Waals surface area contributed by atoms with E-state index in [4.69, 9.17) is 9.47 Å². The van der Waals surface area contributed by atoms with E-state index in [1.54, 1.807) is 18.9 Å². The SMILES string of the molecule is COc1ccc(NCc2cnn(C)c2)c(OC)c1. The molecule has 1 aromatic carbocycles. The highest BCUT2D eigenvalue weighted by Crippen LogP contribution is 2.29. The topological polar surface area (TPSA) is 48.3 Å². The summed E-state index contributed by atoms with van der Waals surface area (Å²) < 4.78 is 12.3. The molecule has 1 N–H and O–H groups in total. The lowest BCUT2D eigenvalue weighted by atomic mass is 10.2. The van der Waals surface area contributed by atoms with Crippen molar-refractivity contribution in [2.45, 2.75) is 6.54 Å². The van der Waals surface area contributed by atoms with Gasteiger partial charge in [-0.15, -0.1) is 0 Å². The van der Waals surface area contributed by atoms with Crippen LogP contribution in [-0.2, 0) is 13.6 Å². The number of nitrogens with one attached hydrogen (secondary N) is 1. The molecule has 0 aliphatic rings. The van der Waals surface area contributed by atoms with Crippen molar-refractivity contribution in [1.82, 2.24) is 9.78 Å². The first-order valence-corrected chi connectivity index (χ1v) is 5.66. The Kier molecular flexibility index (Phi) is 3.72. The van der Waals surface area contributed by atoms with E-state index < -0.39 is 0 Å². The normalized spacial score (nSPS) is 10.2. The van der Waals surface area contributed by atoms with E-state index in [1.807, 2.05) is 37.6 Å². The highest BCUT2D eigenvalue weighted by atomic mass is 16.5. The van der Waals surface area contributed by atoms with Gasteiger partial charge >= 0.3 is 0 Å². The van der Waals surface area contributed by atoms with Gasteiger partial charge in [0.05, 0.1) is 26.1 Å². The zero-order chi connectivity index (χ0) is 13.0. The molecule has 0 fully saturated rings. The van der Waals surface area contributed by atoms with Gasteiger partial charge in [0.1, 0.15) is 11.5 Å². The van der Waals surface area contributed by atoms with Crippen molar-refractivity contribution in [3.05, 3.63) is 36.2 Å². The zero-order valence-electron chi connectivity index (χ0n) is 10.8. The van der Waals surface area contributed by atoms with Crippen LogP contribution in [0.3, 0.4) is 0 Å². The standard InChI is InChI=1S/C13H17N3O2/c1-16-9-10(8-15-16)7-14-12-5-4-11(17-2)6-13(12)18-3/h4-6,8-9,14H,7H2,1-3H3. The smallest absolute Gasteiger partial charge is 0.145 e. The molecule has 0 aliphatic carbocycles. The lowest BCUT2D eigenvalue weighted by Crippen LogP contribution is -2.01. The Morgan fingerprint density at radius 1 is 1.28 bits per heavy atom. The predicted molar refractivity (Wildman–Crippen MR) is 70.1 cm³/mol. The van der Waals surface area contributed by atoms with Crippen LogP contribution in [0.25, 0.3) is 0 Å². The third-order valence-electron chi connectivity index (χ3n) is 2.65. The van der Waals surface area contributed by atoms with Crippen molar-refractivity contribution in [3.8, 4) is 11.5 Å². The van der Waals surface area contributed by atoms with Crippen LogP contribution in [0.1, 0.15) is 5.56 Å². The maximum absolute atomic E-state index is 5.32. The summed E-state index contributed by atoms with van der Waals surface area (Å²) >= 11 is 0. The second-order valence-electron chi connectivity index (χ2n) is 3.94. The van der Waals surface area contributed by atoms with E-state index in [9.17, 15) is 0 Å². The Bertz CT molecular complexity index is 523. The summed E-state index contributed by atoms with van der Waals surface area (Å²) in [6, 6.07) is 5.69. The van der Waals surface area contributed by atoms with Crippen LogP contribution in [0, 0.1) is 0 Å². The van der Waals surface area contributed by atoms with Crippen LogP contribution >= 0.6 is 0 Å². The molecule has 18 heavy (non-hydrogen) atoms. The van der Waals surface area contributed by atoms with E-state index in [-0.39, 0.29) is 0 Å². The molecule has 0 amide bonds. The molecule has 0 atom stereocenters. The van der Waals surface area contributed by atoms with E-state index in [0.717, 1.165) is 22.7 Å². The maximum Gasteiger partial charge on any atom is 0.145 e. The van der Waals surface area contributed by atoms with Crippen molar-refractivity contribution < 1.29 is 9.47 Å². The number of benzene rings is 1. The number of methoxy groups -OCH3 is 2. The van der Waals surface area contributed by atoms with E-state index in [0.29, 0.717) is 6.54 Å². The number of anilines is 1. The molecule has 1 heterocycles. The molecule has 5 nitrogen and oxygen atoms in total. The highest BCUT2D eigenvalue weighted by molar-refractivity contribution is 5.59. The Hall–Kier alpha value is -2.17. The summed E-state index contributed by atoms with van der Waals surface area (Å²) in [6.07, 6.45) is 3.81. The number of aryl methyl sites for hydroxylation is 1. The Balaban J connectivity index is 2.08. The van der Waals surface area contributed by atoms with Gasteiger partial charge in [-0.3, -0.25) is 4.68 Å². The van der Waals surface area contributed by atoms with Crippen molar-refractivity contribution in [1.29, 1.82) is 0 Å². The fourth-order valence-electron chi connectivity index (χ4n) is 1.71. The number of aromatic nitrogens is 2. The third-order valence-corrected chi connectivity index (χ3v) is 2.65. The van der Waals surface area contributed by atoms with Gasteiger partial charge in [0.2, 0.25) is 0 Å². The fourth-order valence-corrected chi connectivity index (χ4v) is 1.71. The second kappa shape index (κ2) is 5.44. The molecule has 0 bridgehead atoms. The first kappa shape index (κ1) is 12.3. The minimum atomic E-state index is 0.705. The maximum atomic E-state index is 5.32. The summed E-state index contributed by atoms with van der Waals surface area (Å²) in [5, 5.41) is 7.44. The quantitative estimate of drug-likeness (QED) is 0.878. The van der Waals surface area contributed by atoms with Crippen LogP contribution in [0.15, 0.2) is 30.6 Å². The lowest BCUT2D eigenvalue weighted by Gasteiger charge is -2.11. The Morgan fingerprint density at radius 3 is 2.72 bits per heavy atom. The number of hydrogen-bond donors (Lipinski definition) is 1. The van der Waals surface area contributed by atoms with E-state index >= 15 is 0 Å². The average Bonchev–Trinajstić information content (AvgIpc) is 2.82. The largest absolute Gasteiger partial charge is 0.497 e. The van der Waals surface area contributed by atoms with Gasteiger partial charge in [0.15, 0.2) is 0 Å². The molecule has 0 unspecified atom stereocenters. The van der Waals surface area contributed by atoms with Gasteiger partial charge in [-0.05, 0) is 12.1 Å². The van der Waals surface area contributed by atoms with Crippen LogP contribution in [-0.4, -0.2) is 24.0 Å². The van der Waals surface area contributed by atoms with Crippen LogP contribution < -0.4 is 14.8 Å². The molecular weight excluding hydrogens is 230 g/mol. The molecular formula is C13H17N3O2. The summed E-state index contributed by atoms with van der Waals surface area (Å²) in [6.45, 7) is 0.705. The second-order valence-corrected chi connectivity index (χ2v) is 3.94. The number of ether oxygens (including phenoxy) is 2. The molecule has 96 valence electrons. The lowest BCUT2D eigenvalue weighted by molar-refractivity contribution is 0.395. The third kappa shape index (κ3) is 2.74. The Labute approximate surface area is 106 Å². The zero-order valence-corrected chi connectivity index (χ0v) is 10.8. The molecule has 0 radical (unpaired) electrons. The molecule has 5 heteroatoms. The summed E-state index contributed by atoms with van der Waals surface area (Å²) in [5.41, 5.74) is 2.05. The van der Waals surface area contributed by atoms with E-state index in [1.165, 1.54) is 0 Å². The predicted octanol–water partition coefficient (Wildman–Crippen LogP) is 2.05. The van der Waals surface area contributed by atoms with Gasteiger partial charge in [-0.2, -0.15) is 5.10 Å². The summed E-state index contributed by atoms with van der Waals surface area (Å²) in [4.78, 5) is 0. The summed E-state index contributed by atoms with van der Waals surface area (Å²) in [5.74, 6) is 1.54. The van der Waals surface area contributed by atoms with Crippen LogP contribution in [0.5, 0.6) is 11.5 Å². The van der Waals surface area contributed by atoms with Gasteiger partial charge in [0, 0.05) is 31.4 Å². The minimum Gasteiger partial charge on any atom is -0.497 e. The van der Waals surface area contributed by atoms with Gasteiger partial charge in [0.25, 0.3) is 0 Å². The molecule has 0 spiro atoms. The van der Waals surface area contributed by atoms with Crippen LogP contribution in [0.2, 0.25) is 0 Å². The first-order valence-electron chi connectivity index (χ1n) is 5.66. The molecule has 0 aliphatic heterocycles. The molecule has 2 aromatic rings. The van der Waals surface area contributed by atoms with E-state index in [2.05, 4.69) is 10.4 Å². The highest BCUT2D eigenvalue weighted by Gasteiger charge is 2.05. The molecule has 1 aromatic heterocycles. The monoisotopic (exact) mass is 247 g/mol. The Morgan fingerprint density at radius 2 is 2.11 bits per heavy atom. The molecule has 0 saturated carbocycles. The van der Waals surface area contributed by atoms with Gasteiger partial charge < -0.3 is 14.8 Å². The number of rotatable bonds is 5. The first-order chi connectivity index (χ1) is 8.72. The minimum absolute atomic E-state index is 0.705. The molecule has 0 saturated heterocycles.